The zero-order chi connectivity index (χ0) is 19.4. The number of likely N-dealkylation sites (tertiary alicyclic amines) is 1. The number of carbonyl (C=O) groups excluding carboxylic acids is 1. The molecule has 0 saturated carbocycles. The summed E-state index contributed by atoms with van der Waals surface area (Å²) in [6, 6.07) is 14.5. The third kappa shape index (κ3) is 4.47. The molecule has 0 radical (unpaired) electrons. The van der Waals surface area contributed by atoms with Gasteiger partial charge in [0.05, 0.1) is 12.0 Å². The molecule has 0 aliphatic carbocycles. The lowest BCUT2D eigenvalue weighted by atomic mass is 10.1. The molecule has 0 atom stereocenters. The number of aryl methyl sites for hydroxylation is 1. The van der Waals surface area contributed by atoms with E-state index in [2.05, 4.69) is 0 Å². The molecular formula is C20H23NO4S2. The van der Waals surface area contributed by atoms with E-state index >= 15 is 0 Å². The van der Waals surface area contributed by atoms with Gasteiger partial charge >= 0.3 is 0 Å². The molecule has 0 bridgehead atoms. The molecule has 0 aromatic heterocycles. The van der Waals surface area contributed by atoms with Gasteiger partial charge in [-0.3, -0.25) is 4.79 Å². The summed E-state index contributed by atoms with van der Waals surface area (Å²) >= 11 is 1.68. The van der Waals surface area contributed by atoms with Gasteiger partial charge in [0.2, 0.25) is 5.91 Å². The number of ether oxygens (including phenoxy) is 1. The van der Waals surface area contributed by atoms with Gasteiger partial charge in [0.1, 0.15) is 11.0 Å². The van der Waals surface area contributed by atoms with Crippen molar-refractivity contribution in [3.05, 3.63) is 54.1 Å². The second kappa shape index (κ2) is 8.35. The maximum atomic E-state index is 12.6. The molecular weight excluding hydrogens is 382 g/mol. The Bertz CT molecular complexity index is 887. The molecule has 2 aromatic carbocycles. The van der Waals surface area contributed by atoms with Crippen LogP contribution in [0.2, 0.25) is 0 Å². The van der Waals surface area contributed by atoms with E-state index in [-0.39, 0.29) is 23.9 Å². The first-order chi connectivity index (χ1) is 12.9. The van der Waals surface area contributed by atoms with Crippen molar-refractivity contribution in [3.8, 4) is 5.75 Å². The van der Waals surface area contributed by atoms with Crippen molar-refractivity contribution in [3.63, 3.8) is 0 Å². The number of amides is 1. The van der Waals surface area contributed by atoms with Crippen molar-refractivity contribution in [2.45, 2.75) is 27.9 Å². The summed E-state index contributed by atoms with van der Waals surface area (Å²) < 4.78 is 30.3. The second-order valence-electron chi connectivity index (χ2n) is 6.49. The van der Waals surface area contributed by atoms with Gasteiger partial charge in [0.15, 0.2) is 9.84 Å². The smallest absolute Gasteiger partial charge is 0.222 e. The van der Waals surface area contributed by atoms with E-state index < -0.39 is 15.1 Å². The maximum Gasteiger partial charge on any atom is 0.222 e. The molecule has 0 spiro atoms. The number of thioether (sulfide) groups is 1. The van der Waals surface area contributed by atoms with E-state index in [0.717, 1.165) is 5.56 Å². The first-order valence-electron chi connectivity index (χ1n) is 8.72. The molecule has 7 heteroatoms. The molecule has 2 aromatic rings. The summed E-state index contributed by atoms with van der Waals surface area (Å²) in [6.07, 6.45) is 3.09. The zero-order valence-electron chi connectivity index (χ0n) is 15.4. The quantitative estimate of drug-likeness (QED) is 0.663. The molecule has 1 heterocycles. The van der Waals surface area contributed by atoms with Gasteiger partial charge in [-0.05, 0) is 54.6 Å². The number of methoxy groups -OCH3 is 1. The van der Waals surface area contributed by atoms with Crippen molar-refractivity contribution >= 4 is 27.5 Å². The summed E-state index contributed by atoms with van der Waals surface area (Å²) in [5, 5.41) is -0.532. The number of hydrogen-bond acceptors (Lipinski definition) is 5. The van der Waals surface area contributed by atoms with E-state index in [4.69, 9.17) is 4.74 Å². The van der Waals surface area contributed by atoms with Crippen LogP contribution in [-0.2, 0) is 21.1 Å². The Kier molecular flexibility index (Phi) is 6.11. The van der Waals surface area contributed by atoms with Gasteiger partial charge in [0.25, 0.3) is 0 Å². The van der Waals surface area contributed by atoms with Crippen LogP contribution in [0.4, 0.5) is 0 Å². The zero-order valence-corrected chi connectivity index (χ0v) is 17.1. The third-order valence-corrected chi connectivity index (χ3v) is 7.66. The number of hydrogen-bond donors (Lipinski definition) is 0. The summed E-state index contributed by atoms with van der Waals surface area (Å²) in [5.41, 5.74) is 1.11. The van der Waals surface area contributed by atoms with E-state index in [9.17, 15) is 13.2 Å². The highest BCUT2D eigenvalue weighted by atomic mass is 32.2. The Morgan fingerprint density at radius 1 is 1.11 bits per heavy atom. The Balaban J connectivity index is 1.52. The van der Waals surface area contributed by atoms with Gasteiger partial charge in [-0.25, -0.2) is 8.42 Å². The minimum atomic E-state index is -3.42. The SMILES string of the molecule is COc1ccc(S(=O)(=O)C2CN(C(=O)CCc3ccc(SC)cc3)C2)cc1. The fourth-order valence-corrected chi connectivity index (χ4v) is 5.06. The van der Waals surface area contributed by atoms with E-state index in [1.54, 1.807) is 40.9 Å². The molecule has 3 rings (SSSR count). The minimum Gasteiger partial charge on any atom is -0.497 e. The topological polar surface area (TPSA) is 63.7 Å². The maximum absolute atomic E-state index is 12.6. The predicted octanol–water partition coefficient (Wildman–Crippen LogP) is 3.03. The van der Waals surface area contributed by atoms with Gasteiger partial charge in [0, 0.05) is 24.4 Å². The lowest BCUT2D eigenvalue weighted by Crippen LogP contribution is -2.56. The average molecular weight is 406 g/mol. The lowest BCUT2D eigenvalue weighted by molar-refractivity contribution is -0.134. The predicted molar refractivity (Wildman–Crippen MR) is 107 cm³/mol. The van der Waals surface area contributed by atoms with Crippen molar-refractivity contribution < 1.29 is 17.9 Å². The van der Waals surface area contributed by atoms with Crippen molar-refractivity contribution in [2.75, 3.05) is 26.5 Å². The van der Waals surface area contributed by atoms with Crippen LogP contribution >= 0.6 is 11.8 Å². The highest BCUT2D eigenvalue weighted by molar-refractivity contribution is 7.98. The molecule has 144 valence electrons. The van der Waals surface area contributed by atoms with Gasteiger partial charge in [-0.1, -0.05) is 12.1 Å². The van der Waals surface area contributed by atoms with Crippen LogP contribution in [-0.4, -0.2) is 50.9 Å². The number of sulfone groups is 1. The highest BCUT2D eigenvalue weighted by Crippen LogP contribution is 2.26. The summed E-state index contributed by atoms with van der Waals surface area (Å²) in [4.78, 5) is 15.4. The van der Waals surface area contributed by atoms with Crippen LogP contribution in [0.15, 0.2) is 58.3 Å². The average Bonchev–Trinajstić information content (AvgIpc) is 2.65. The van der Waals surface area contributed by atoms with Gasteiger partial charge in [-0.15, -0.1) is 11.8 Å². The van der Waals surface area contributed by atoms with Crippen LogP contribution in [0, 0.1) is 0 Å². The van der Waals surface area contributed by atoms with E-state index in [0.29, 0.717) is 18.6 Å². The Labute approximate surface area is 164 Å². The first kappa shape index (κ1) is 19.8. The Morgan fingerprint density at radius 3 is 2.30 bits per heavy atom. The number of rotatable bonds is 7. The van der Waals surface area contributed by atoms with E-state index in [1.165, 1.54) is 12.0 Å². The molecule has 0 unspecified atom stereocenters. The number of carbonyl (C=O) groups is 1. The van der Waals surface area contributed by atoms with E-state index in [1.807, 2.05) is 30.5 Å². The van der Waals surface area contributed by atoms with Gasteiger partial charge in [-0.2, -0.15) is 0 Å². The molecule has 1 aliphatic heterocycles. The monoisotopic (exact) mass is 405 g/mol. The molecule has 1 fully saturated rings. The highest BCUT2D eigenvalue weighted by Gasteiger charge is 2.40. The molecule has 1 aliphatic rings. The standard InChI is InChI=1S/C20H23NO4S2/c1-25-16-6-10-18(11-7-16)27(23,24)19-13-21(14-19)20(22)12-5-15-3-8-17(26-2)9-4-15/h3-4,6-11,19H,5,12-14H2,1-2H3. The van der Waals surface area contributed by atoms with Crippen molar-refractivity contribution in [1.29, 1.82) is 0 Å². The molecule has 1 amide bonds. The normalized spacial score (nSPS) is 14.7. The largest absolute Gasteiger partial charge is 0.497 e. The number of benzene rings is 2. The fraction of sp³-hybridized carbons (Fsp3) is 0.350. The molecule has 5 nitrogen and oxygen atoms in total. The minimum absolute atomic E-state index is 0.00474. The first-order valence-corrected chi connectivity index (χ1v) is 11.5. The van der Waals surface area contributed by atoms with Crippen LogP contribution in [0.1, 0.15) is 12.0 Å². The number of nitrogens with zero attached hydrogens (tertiary/aromatic N) is 1. The fourth-order valence-electron chi connectivity index (χ4n) is 3.00. The Hall–Kier alpha value is -1.99. The Morgan fingerprint density at radius 2 is 1.74 bits per heavy atom. The van der Waals surface area contributed by atoms with Crippen molar-refractivity contribution in [1.82, 2.24) is 4.90 Å². The van der Waals surface area contributed by atoms with Crippen molar-refractivity contribution in [2.24, 2.45) is 0 Å². The molecule has 1 saturated heterocycles. The van der Waals surface area contributed by atoms with Crippen LogP contribution in [0.3, 0.4) is 0 Å². The summed E-state index contributed by atoms with van der Waals surface area (Å²) in [5.74, 6) is 0.620. The van der Waals surface area contributed by atoms with Gasteiger partial charge < -0.3 is 9.64 Å². The molecule has 0 N–H and O–H groups in total. The summed E-state index contributed by atoms with van der Waals surface area (Å²) in [7, 11) is -1.88. The lowest BCUT2D eigenvalue weighted by Gasteiger charge is -2.38. The third-order valence-electron chi connectivity index (χ3n) is 4.81. The van der Waals surface area contributed by atoms with Crippen LogP contribution in [0.5, 0.6) is 5.75 Å². The molecule has 27 heavy (non-hydrogen) atoms. The summed E-state index contributed by atoms with van der Waals surface area (Å²) in [6.45, 7) is 0.525. The van der Waals surface area contributed by atoms with Crippen LogP contribution in [0.25, 0.3) is 0 Å². The van der Waals surface area contributed by atoms with Crippen LogP contribution < -0.4 is 4.74 Å². The second-order valence-corrected chi connectivity index (χ2v) is 9.60.